The zero-order chi connectivity index (χ0) is 25.7. The summed E-state index contributed by atoms with van der Waals surface area (Å²) in [7, 11) is -4.15. The van der Waals surface area contributed by atoms with E-state index in [2.05, 4.69) is 3.13 Å². The van der Waals surface area contributed by atoms with Crippen LogP contribution in [0.3, 0.4) is 0 Å². The Balaban J connectivity index is 2.24. The van der Waals surface area contributed by atoms with Crippen molar-refractivity contribution in [3.05, 3.63) is 42.5 Å². The van der Waals surface area contributed by atoms with E-state index in [1.165, 1.54) is 12.1 Å². The molecular weight excluding hydrogens is 651 g/mol. The Morgan fingerprint density at radius 2 is 1.47 bits per heavy atom. The van der Waals surface area contributed by atoms with Gasteiger partial charge in [0.05, 0.1) is 0 Å². The first-order valence-corrected chi connectivity index (χ1v) is 14.6. The third-order valence-corrected chi connectivity index (χ3v) is 7.43. The summed E-state index contributed by atoms with van der Waals surface area (Å²) >= 11 is 0.240. The first-order valence-electron chi connectivity index (χ1n) is 10.9. The molecule has 184 valence electrons. The Hall–Kier alpha value is -1.57. The molecular formula is C24H32NO7STl. The zero-order valence-corrected chi connectivity index (χ0v) is 25.8. The van der Waals surface area contributed by atoms with Gasteiger partial charge in [-0.15, -0.1) is 0 Å². The van der Waals surface area contributed by atoms with Crippen molar-refractivity contribution in [2.75, 3.05) is 6.61 Å². The van der Waals surface area contributed by atoms with Gasteiger partial charge in [0.25, 0.3) is 0 Å². The van der Waals surface area contributed by atoms with E-state index in [0.29, 0.717) is 0 Å². The van der Waals surface area contributed by atoms with Gasteiger partial charge in [0.2, 0.25) is 0 Å². The van der Waals surface area contributed by atoms with Crippen molar-refractivity contribution in [1.29, 1.82) is 0 Å². The van der Waals surface area contributed by atoms with Gasteiger partial charge in [0.15, 0.2) is 0 Å². The predicted molar refractivity (Wildman–Crippen MR) is 130 cm³/mol. The molecule has 0 unspecified atom stereocenters. The van der Waals surface area contributed by atoms with Crippen LogP contribution in [0.25, 0.3) is 10.8 Å². The zero-order valence-electron chi connectivity index (χ0n) is 20.5. The summed E-state index contributed by atoms with van der Waals surface area (Å²) in [6.45, 7) is 9.94. The summed E-state index contributed by atoms with van der Waals surface area (Å²) < 4.78 is 45.0. The number of hydrogen-bond donors (Lipinski definition) is 1. The fourth-order valence-corrected chi connectivity index (χ4v) is 5.11. The molecule has 0 heterocycles. The maximum atomic E-state index is 12.9. The van der Waals surface area contributed by atoms with Crippen LogP contribution in [0.2, 0.25) is 0 Å². The summed E-state index contributed by atoms with van der Waals surface area (Å²) in [4.78, 5) is 25.5. The van der Waals surface area contributed by atoms with E-state index >= 15 is 0 Å². The summed E-state index contributed by atoms with van der Waals surface area (Å²) in [5, 5.41) is 1.65. The van der Waals surface area contributed by atoms with Crippen molar-refractivity contribution in [2.24, 2.45) is 5.92 Å². The standard InChI is InChI=1S/C24H32NO7S.Tl/c1-23(2,3)31-21(26)18(14-20(25)22(27)32-24(4,5)6)15-30-33(28,29)19-12-11-16-9-7-8-10-17(16)13-19;/h7-13,18,20,25H,14-15H2,1-6H3;/q-1;+1/t18-,20+;/m1./s1. The number of hydrogen-bond acceptors (Lipinski definition) is 8. The van der Waals surface area contributed by atoms with E-state index in [1.807, 2.05) is 18.2 Å². The summed E-state index contributed by atoms with van der Waals surface area (Å²) in [5.74, 6) is -2.16. The second-order valence-electron chi connectivity index (χ2n) is 9.97. The van der Waals surface area contributed by atoms with Crippen LogP contribution in [0.4, 0.5) is 0 Å². The van der Waals surface area contributed by atoms with E-state index in [0.717, 1.165) is 10.8 Å². The first kappa shape index (κ1) is 28.7. The van der Waals surface area contributed by atoms with E-state index in [9.17, 15) is 18.0 Å². The number of ether oxygens (including phenoxy) is 2. The van der Waals surface area contributed by atoms with Crippen LogP contribution in [0.5, 0.6) is 0 Å². The molecule has 0 spiro atoms. The molecule has 1 N–H and O–H groups in total. The summed E-state index contributed by atoms with van der Waals surface area (Å²) in [6, 6.07) is 11.3. The molecule has 34 heavy (non-hydrogen) atoms. The Kier molecular flexibility index (Phi) is 9.65. The van der Waals surface area contributed by atoms with Crippen molar-refractivity contribution >= 4 is 58.9 Å². The maximum absolute atomic E-state index is 12.9. The topological polar surface area (TPSA) is 108 Å². The van der Waals surface area contributed by atoms with Gasteiger partial charge in [0, 0.05) is 0 Å². The van der Waals surface area contributed by atoms with Crippen LogP contribution < -0.4 is 3.13 Å². The molecule has 2 atom stereocenters. The molecule has 0 saturated heterocycles. The van der Waals surface area contributed by atoms with Crippen molar-refractivity contribution in [2.45, 2.75) is 70.1 Å². The Bertz CT molecular complexity index is 1120. The van der Waals surface area contributed by atoms with Gasteiger partial charge in [0.1, 0.15) is 0 Å². The molecule has 10 heteroatoms. The summed E-state index contributed by atoms with van der Waals surface area (Å²) in [6.07, 6.45) is -0.0203. The van der Waals surface area contributed by atoms with Crippen molar-refractivity contribution < 1.29 is 31.7 Å². The van der Waals surface area contributed by atoms with Gasteiger partial charge in [-0.05, 0) is 0 Å². The molecule has 0 amide bonds. The molecule has 0 saturated carbocycles. The van der Waals surface area contributed by atoms with E-state index in [1.54, 1.807) is 53.7 Å². The number of rotatable bonds is 9. The fraction of sp³-hybridized carbons (Fsp3) is 0.500. The van der Waals surface area contributed by atoms with Crippen molar-refractivity contribution in [3.8, 4) is 0 Å². The minimum atomic E-state index is -4.15. The molecule has 0 fully saturated rings. The first-order chi connectivity index (χ1) is 15.6. The molecule has 0 bridgehead atoms. The monoisotopic (exact) mass is 683 g/mol. The van der Waals surface area contributed by atoms with Gasteiger partial charge < -0.3 is 0 Å². The average Bonchev–Trinajstić information content (AvgIpc) is 2.70. The molecule has 0 aliphatic carbocycles. The molecule has 8 nitrogen and oxygen atoms in total. The molecule has 0 aromatic heterocycles. The number of esters is 2. The van der Waals surface area contributed by atoms with Gasteiger partial charge in [-0.2, -0.15) is 0 Å². The van der Waals surface area contributed by atoms with Crippen LogP contribution in [-0.2, 0) is 33.4 Å². The summed E-state index contributed by atoms with van der Waals surface area (Å²) in [5.41, 5.74) is -1.49. The van der Waals surface area contributed by atoms with Crippen LogP contribution in [0.1, 0.15) is 48.0 Å². The van der Waals surface area contributed by atoms with Crippen LogP contribution in [0.15, 0.2) is 47.4 Å². The molecule has 2 aromatic carbocycles. The van der Waals surface area contributed by atoms with Crippen molar-refractivity contribution in [1.82, 2.24) is 3.13 Å². The van der Waals surface area contributed by atoms with E-state index in [4.69, 9.17) is 13.7 Å². The number of fused-ring (bicyclic) bond motifs is 1. The average molecular weight is 683 g/mol. The second kappa shape index (κ2) is 11.4. The van der Waals surface area contributed by atoms with Crippen LogP contribution >= 0.6 is 0 Å². The fourth-order valence-electron chi connectivity index (χ4n) is 3.07. The van der Waals surface area contributed by atoms with E-state index in [-0.39, 0.29) is 37.4 Å². The van der Waals surface area contributed by atoms with Gasteiger partial charge in [-0.1, -0.05) is 6.07 Å². The normalized spacial score (nSPS) is 14.4. The predicted octanol–water partition coefficient (Wildman–Crippen LogP) is 3.28. The number of nitrogens with one attached hydrogen (secondary N) is 1. The number of carbonyl (C=O) groups excluding carboxylic acids is 2. The van der Waals surface area contributed by atoms with E-state index < -0.39 is 51.8 Å². The van der Waals surface area contributed by atoms with Gasteiger partial charge >= 0.3 is 213 Å². The quantitative estimate of drug-likeness (QED) is 0.244. The van der Waals surface area contributed by atoms with Crippen LogP contribution in [0, 0.1) is 5.92 Å². The third-order valence-electron chi connectivity index (χ3n) is 4.59. The van der Waals surface area contributed by atoms with Gasteiger partial charge in [-0.25, -0.2) is 0 Å². The Labute approximate surface area is 218 Å². The SMILES string of the molecule is CC(C)(C)OC(=O)[C@@H](COS(=O)(=O)c1ccc2ccccc2c1)C[C@H]([NH][Tl])C(=O)OC(C)(C)C. The molecule has 0 aliphatic heterocycles. The molecule has 2 rings (SSSR count). The Morgan fingerprint density at radius 3 is 2.03 bits per heavy atom. The van der Waals surface area contributed by atoms with Gasteiger partial charge in [-0.3, -0.25) is 0 Å². The molecule has 0 aliphatic rings. The second-order valence-corrected chi connectivity index (χ2v) is 12.9. The minimum absolute atomic E-state index is 0.0136. The third kappa shape index (κ3) is 8.90. The van der Waals surface area contributed by atoms with Crippen LogP contribution in [-0.4, -0.2) is 70.3 Å². The number of benzene rings is 2. The van der Waals surface area contributed by atoms with Crippen molar-refractivity contribution in [3.63, 3.8) is 0 Å². The Morgan fingerprint density at radius 1 is 0.912 bits per heavy atom. The molecule has 0 radical (unpaired) electrons. The molecule has 2 aromatic rings. The number of carbonyl (C=O) groups is 2.